The van der Waals surface area contributed by atoms with Crippen molar-refractivity contribution in [2.24, 2.45) is 5.92 Å². The molecule has 1 aromatic heterocycles. The number of nitriles is 1. The van der Waals surface area contributed by atoms with E-state index in [4.69, 9.17) is 0 Å². The molecule has 3 heterocycles. The third-order valence-corrected chi connectivity index (χ3v) is 6.58. The van der Waals surface area contributed by atoms with Crippen molar-refractivity contribution in [1.29, 1.82) is 5.26 Å². The predicted molar refractivity (Wildman–Crippen MR) is 114 cm³/mol. The first-order valence-electron chi connectivity index (χ1n) is 10.3. The number of fused-ring (bicyclic) bond motifs is 2. The number of rotatable bonds is 3. The first-order valence-corrected chi connectivity index (χ1v) is 10.3. The van der Waals surface area contributed by atoms with Crippen LogP contribution in [0.3, 0.4) is 0 Å². The number of imidazole rings is 1. The van der Waals surface area contributed by atoms with E-state index < -0.39 is 0 Å². The summed E-state index contributed by atoms with van der Waals surface area (Å²) >= 11 is 0. The van der Waals surface area contributed by atoms with Crippen molar-refractivity contribution in [3.63, 3.8) is 0 Å². The van der Waals surface area contributed by atoms with E-state index in [2.05, 4.69) is 45.0 Å². The number of H-pyrrole nitrogens is 2. The molecule has 2 atom stereocenters. The van der Waals surface area contributed by atoms with Crippen LogP contribution in [-0.2, 0) is 6.54 Å². The molecule has 2 N–H and O–H groups in total. The highest BCUT2D eigenvalue weighted by Gasteiger charge is 2.36. The standard InChI is InChI=1S/C23H25N5O/c1-27-14-19(18-8-2-5-15(11-24)22(18)27)16-7-4-10-28(12-16)13-17-6-3-9-20-21(17)26-23(29)25-20/h2-3,5-6,8-9,16,19H,4,7,10,12-14H2,1H3,(H2,25,26,29)/t16-,19?/m1/s1. The molecule has 0 bridgehead atoms. The van der Waals surface area contributed by atoms with Crippen LogP contribution in [0, 0.1) is 17.2 Å². The Balaban J connectivity index is 1.38. The Morgan fingerprint density at radius 1 is 1.17 bits per heavy atom. The molecule has 148 valence electrons. The van der Waals surface area contributed by atoms with Gasteiger partial charge in [0.25, 0.3) is 0 Å². The Morgan fingerprint density at radius 3 is 2.90 bits per heavy atom. The number of aromatic nitrogens is 2. The summed E-state index contributed by atoms with van der Waals surface area (Å²) in [5, 5.41) is 9.50. The van der Waals surface area contributed by atoms with E-state index in [0.717, 1.165) is 54.0 Å². The number of hydrogen-bond donors (Lipinski definition) is 2. The summed E-state index contributed by atoms with van der Waals surface area (Å²) in [6, 6.07) is 14.6. The molecule has 0 amide bonds. The number of nitrogens with one attached hydrogen (secondary N) is 2. The number of aromatic amines is 2. The maximum absolute atomic E-state index is 11.7. The second-order valence-electron chi connectivity index (χ2n) is 8.40. The average molecular weight is 387 g/mol. The fourth-order valence-electron chi connectivity index (χ4n) is 5.32. The van der Waals surface area contributed by atoms with E-state index in [-0.39, 0.29) is 5.69 Å². The molecule has 29 heavy (non-hydrogen) atoms. The maximum atomic E-state index is 11.7. The molecular formula is C23H25N5O. The van der Waals surface area contributed by atoms with Crippen LogP contribution in [-0.4, -0.2) is 41.5 Å². The van der Waals surface area contributed by atoms with Gasteiger partial charge in [-0.15, -0.1) is 0 Å². The molecule has 2 aromatic carbocycles. The van der Waals surface area contributed by atoms with Gasteiger partial charge >= 0.3 is 5.69 Å². The van der Waals surface area contributed by atoms with Crippen molar-refractivity contribution in [2.45, 2.75) is 25.3 Å². The van der Waals surface area contributed by atoms with Crippen LogP contribution >= 0.6 is 0 Å². The summed E-state index contributed by atoms with van der Waals surface area (Å²) in [6.07, 6.45) is 2.40. The van der Waals surface area contributed by atoms with Crippen LogP contribution in [0.1, 0.15) is 35.4 Å². The van der Waals surface area contributed by atoms with Gasteiger partial charge in [-0.05, 0) is 48.6 Å². The monoisotopic (exact) mass is 387 g/mol. The Morgan fingerprint density at radius 2 is 2.03 bits per heavy atom. The quantitative estimate of drug-likeness (QED) is 0.724. The molecule has 6 nitrogen and oxygen atoms in total. The highest BCUT2D eigenvalue weighted by molar-refractivity contribution is 5.78. The first kappa shape index (κ1) is 18.0. The molecule has 0 aliphatic carbocycles. The van der Waals surface area contributed by atoms with Gasteiger partial charge in [0.05, 0.1) is 22.3 Å². The Kier molecular flexibility index (Phi) is 4.40. The largest absolute Gasteiger partial charge is 0.373 e. The molecule has 1 saturated heterocycles. The zero-order valence-electron chi connectivity index (χ0n) is 16.6. The first-order chi connectivity index (χ1) is 14.1. The summed E-state index contributed by atoms with van der Waals surface area (Å²) in [6.45, 7) is 3.94. The van der Waals surface area contributed by atoms with Gasteiger partial charge in [-0.1, -0.05) is 24.3 Å². The number of anilines is 1. The van der Waals surface area contributed by atoms with E-state index in [1.54, 1.807) is 0 Å². The molecule has 5 rings (SSSR count). The van der Waals surface area contributed by atoms with Gasteiger partial charge in [-0.3, -0.25) is 4.90 Å². The van der Waals surface area contributed by atoms with Crippen molar-refractivity contribution in [2.75, 3.05) is 31.6 Å². The fraction of sp³-hybridized carbons (Fsp3) is 0.391. The van der Waals surface area contributed by atoms with Crippen LogP contribution in [0.25, 0.3) is 11.0 Å². The Bertz CT molecular complexity index is 1150. The minimum Gasteiger partial charge on any atom is -0.373 e. The number of benzene rings is 2. The molecule has 0 radical (unpaired) electrons. The second kappa shape index (κ2) is 7.09. The number of likely N-dealkylation sites (N-methyl/N-ethyl adjacent to an activating group) is 1. The summed E-state index contributed by atoms with van der Waals surface area (Å²) in [5.74, 6) is 1.04. The maximum Gasteiger partial charge on any atom is 0.323 e. The van der Waals surface area contributed by atoms with Crippen molar-refractivity contribution in [1.82, 2.24) is 14.9 Å². The molecule has 0 saturated carbocycles. The number of piperidine rings is 1. The molecule has 2 aliphatic heterocycles. The van der Waals surface area contributed by atoms with Crippen molar-refractivity contribution >= 4 is 16.7 Å². The van der Waals surface area contributed by atoms with Gasteiger partial charge in [-0.25, -0.2) is 4.79 Å². The lowest BCUT2D eigenvalue weighted by molar-refractivity contribution is 0.153. The minimum absolute atomic E-state index is 0.150. The van der Waals surface area contributed by atoms with Crippen LogP contribution in [0.4, 0.5) is 5.69 Å². The average Bonchev–Trinajstić information content (AvgIpc) is 3.28. The zero-order valence-corrected chi connectivity index (χ0v) is 16.6. The molecule has 0 spiro atoms. The normalized spacial score (nSPS) is 22.0. The summed E-state index contributed by atoms with van der Waals surface area (Å²) in [4.78, 5) is 22.3. The van der Waals surface area contributed by atoms with Gasteiger partial charge in [0.1, 0.15) is 6.07 Å². The lowest BCUT2D eigenvalue weighted by atomic mass is 9.81. The third-order valence-electron chi connectivity index (χ3n) is 6.58. The van der Waals surface area contributed by atoms with Crippen molar-refractivity contribution in [3.8, 4) is 6.07 Å². The fourth-order valence-corrected chi connectivity index (χ4v) is 5.32. The second-order valence-corrected chi connectivity index (χ2v) is 8.40. The van der Waals surface area contributed by atoms with Gasteiger partial charge in [0.15, 0.2) is 0 Å². The molecular weight excluding hydrogens is 362 g/mol. The van der Waals surface area contributed by atoms with Crippen molar-refractivity contribution < 1.29 is 0 Å². The topological polar surface area (TPSA) is 78.9 Å². The van der Waals surface area contributed by atoms with E-state index in [0.29, 0.717) is 11.8 Å². The van der Waals surface area contributed by atoms with Crippen molar-refractivity contribution in [3.05, 3.63) is 63.6 Å². The summed E-state index contributed by atoms with van der Waals surface area (Å²) in [5.41, 5.74) is 6.03. The van der Waals surface area contributed by atoms with Gasteiger partial charge < -0.3 is 14.9 Å². The highest BCUT2D eigenvalue weighted by atomic mass is 16.1. The molecule has 2 aliphatic rings. The van der Waals surface area contributed by atoms with Crippen LogP contribution in [0.5, 0.6) is 0 Å². The van der Waals surface area contributed by atoms with E-state index >= 15 is 0 Å². The lowest BCUT2D eigenvalue weighted by Crippen LogP contribution is -2.38. The minimum atomic E-state index is -0.150. The molecule has 1 unspecified atom stereocenters. The van der Waals surface area contributed by atoms with E-state index in [1.165, 1.54) is 18.4 Å². The molecule has 1 fully saturated rings. The summed E-state index contributed by atoms with van der Waals surface area (Å²) < 4.78 is 0. The predicted octanol–water partition coefficient (Wildman–Crippen LogP) is 3.17. The Hall–Kier alpha value is -3.04. The smallest absolute Gasteiger partial charge is 0.323 e. The van der Waals surface area contributed by atoms with Crippen LogP contribution < -0.4 is 10.6 Å². The third kappa shape index (κ3) is 3.12. The SMILES string of the molecule is CN1CC([C@@H]2CCCN(Cc3cccc4[nH]c(=O)[nH]c34)C2)c2cccc(C#N)c21. The van der Waals surface area contributed by atoms with Crippen LogP contribution in [0.15, 0.2) is 41.2 Å². The van der Waals surface area contributed by atoms with Crippen LogP contribution in [0.2, 0.25) is 0 Å². The molecule has 3 aromatic rings. The van der Waals surface area contributed by atoms with Gasteiger partial charge in [0.2, 0.25) is 0 Å². The highest BCUT2D eigenvalue weighted by Crippen LogP contribution is 2.44. The Labute approximate surface area is 169 Å². The van der Waals surface area contributed by atoms with E-state index in [9.17, 15) is 10.1 Å². The zero-order chi connectivity index (χ0) is 20.0. The number of likely N-dealkylation sites (tertiary alicyclic amines) is 1. The van der Waals surface area contributed by atoms with E-state index in [1.807, 2.05) is 24.3 Å². The van der Waals surface area contributed by atoms with Gasteiger partial charge in [0, 0.05) is 32.6 Å². The number of para-hydroxylation sites is 2. The number of hydrogen-bond acceptors (Lipinski definition) is 4. The lowest BCUT2D eigenvalue weighted by Gasteiger charge is -2.36. The number of nitrogens with zero attached hydrogens (tertiary/aromatic N) is 3. The molecule has 6 heteroatoms. The van der Waals surface area contributed by atoms with Gasteiger partial charge in [-0.2, -0.15) is 5.26 Å². The summed E-state index contributed by atoms with van der Waals surface area (Å²) in [7, 11) is 2.10.